The van der Waals surface area contributed by atoms with Gasteiger partial charge in [-0.05, 0) is 43.9 Å². The van der Waals surface area contributed by atoms with Gasteiger partial charge < -0.3 is 4.90 Å². The van der Waals surface area contributed by atoms with Crippen LogP contribution in [0.25, 0.3) is 5.69 Å². The number of carbonyl (C=O) groups excluding carboxylic acids is 1. The number of hydrogen-bond acceptors (Lipinski definition) is 3. The largest absolute Gasteiger partial charge is 0.339 e. The Morgan fingerprint density at radius 1 is 1.12 bits per heavy atom. The predicted molar refractivity (Wildman–Crippen MR) is 99.2 cm³/mol. The molecule has 3 heterocycles. The average Bonchev–Trinajstić information content (AvgIpc) is 3.32. The van der Waals surface area contributed by atoms with Crippen LogP contribution < -0.4 is 0 Å². The number of carbonyl (C=O) groups is 1. The molecule has 0 bridgehead atoms. The molecule has 0 N–H and O–H groups in total. The van der Waals surface area contributed by atoms with Crippen LogP contribution in [0.1, 0.15) is 28.9 Å². The number of hydrogen-bond donors (Lipinski definition) is 0. The molecule has 0 spiro atoms. The van der Waals surface area contributed by atoms with Crippen LogP contribution in [0.4, 0.5) is 0 Å². The van der Waals surface area contributed by atoms with Crippen molar-refractivity contribution >= 4 is 5.91 Å². The normalized spacial score (nSPS) is 15.3. The van der Waals surface area contributed by atoms with Gasteiger partial charge in [0.25, 0.3) is 5.91 Å². The highest BCUT2D eigenvalue weighted by molar-refractivity contribution is 5.95. The lowest BCUT2D eigenvalue weighted by Crippen LogP contribution is -2.39. The molecule has 1 amide bonds. The van der Waals surface area contributed by atoms with E-state index in [0.29, 0.717) is 11.5 Å². The Labute approximate surface area is 153 Å². The molecule has 6 heteroatoms. The molecule has 0 aliphatic carbocycles. The van der Waals surface area contributed by atoms with Crippen molar-refractivity contribution in [3.8, 4) is 5.69 Å². The van der Waals surface area contributed by atoms with Crippen molar-refractivity contribution in [3.05, 3.63) is 66.2 Å². The van der Waals surface area contributed by atoms with E-state index in [2.05, 4.69) is 10.2 Å². The highest BCUT2D eigenvalue weighted by Gasteiger charge is 2.26. The summed E-state index contributed by atoms with van der Waals surface area (Å²) < 4.78 is 3.81. The van der Waals surface area contributed by atoms with Crippen molar-refractivity contribution < 1.29 is 4.79 Å². The maximum absolute atomic E-state index is 12.9. The lowest BCUT2D eigenvalue weighted by molar-refractivity contribution is 0.0680. The summed E-state index contributed by atoms with van der Waals surface area (Å²) in [5.41, 5.74) is 2.56. The van der Waals surface area contributed by atoms with Crippen molar-refractivity contribution in [2.24, 2.45) is 5.92 Å². The van der Waals surface area contributed by atoms with Crippen LogP contribution in [0.2, 0.25) is 0 Å². The zero-order chi connectivity index (χ0) is 17.9. The monoisotopic (exact) mass is 349 g/mol. The molecule has 0 atom stereocenters. The Balaban J connectivity index is 1.42. The van der Waals surface area contributed by atoms with Crippen LogP contribution in [0, 0.1) is 12.8 Å². The molecular formula is C20H23N5O. The summed E-state index contributed by atoms with van der Waals surface area (Å²) in [6, 6.07) is 11.9. The minimum atomic E-state index is 0.0854. The smallest absolute Gasteiger partial charge is 0.257 e. The summed E-state index contributed by atoms with van der Waals surface area (Å²) in [5, 5.41) is 8.70. The summed E-state index contributed by atoms with van der Waals surface area (Å²) in [4.78, 5) is 14.9. The fourth-order valence-electron chi connectivity index (χ4n) is 3.61. The third-order valence-corrected chi connectivity index (χ3v) is 5.15. The SMILES string of the molecule is Cc1c(C(=O)N2CCC(Cn3cccn3)CC2)cnn1-c1ccccc1. The summed E-state index contributed by atoms with van der Waals surface area (Å²) in [5.74, 6) is 0.661. The summed E-state index contributed by atoms with van der Waals surface area (Å²) in [7, 11) is 0. The van der Waals surface area contributed by atoms with Gasteiger partial charge in [0.2, 0.25) is 0 Å². The van der Waals surface area contributed by atoms with Gasteiger partial charge in [0.1, 0.15) is 0 Å². The fourth-order valence-corrected chi connectivity index (χ4v) is 3.61. The van der Waals surface area contributed by atoms with Gasteiger partial charge in [-0.2, -0.15) is 10.2 Å². The number of amides is 1. The number of benzene rings is 1. The number of aromatic nitrogens is 4. The molecule has 1 aliphatic rings. The Morgan fingerprint density at radius 3 is 2.58 bits per heavy atom. The maximum Gasteiger partial charge on any atom is 0.257 e. The number of likely N-dealkylation sites (tertiary alicyclic amines) is 1. The lowest BCUT2D eigenvalue weighted by atomic mass is 9.96. The first-order chi connectivity index (χ1) is 12.7. The predicted octanol–water partition coefficient (Wildman–Crippen LogP) is 2.93. The first kappa shape index (κ1) is 16.6. The topological polar surface area (TPSA) is 56.0 Å². The van der Waals surface area contributed by atoms with Crippen LogP contribution >= 0.6 is 0 Å². The molecule has 1 aliphatic heterocycles. The first-order valence-corrected chi connectivity index (χ1v) is 9.09. The highest BCUT2D eigenvalue weighted by atomic mass is 16.2. The van der Waals surface area contributed by atoms with E-state index >= 15 is 0 Å². The molecule has 1 saturated heterocycles. The zero-order valence-corrected chi connectivity index (χ0v) is 15.0. The van der Waals surface area contributed by atoms with E-state index in [0.717, 1.165) is 43.9 Å². The molecule has 0 unspecified atom stereocenters. The highest BCUT2D eigenvalue weighted by Crippen LogP contribution is 2.22. The Bertz CT molecular complexity index is 861. The van der Waals surface area contributed by atoms with E-state index in [1.807, 2.05) is 70.0 Å². The van der Waals surface area contributed by atoms with Gasteiger partial charge in [-0.15, -0.1) is 0 Å². The molecule has 26 heavy (non-hydrogen) atoms. The van der Waals surface area contributed by atoms with Crippen LogP contribution in [-0.4, -0.2) is 43.5 Å². The van der Waals surface area contributed by atoms with E-state index in [1.165, 1.54) is 0 Å². The molecule has 1 aromatic carbocycles. The lowest BCUT2D eigenvalue weighted by Gasteiger charge is -2.32. The van der Waals surface area contributed by atoms with Crippen molar-refractivity contribution in [1.82, 2.24) is 24.5 Å². The molecule has 1 fully saturated rings. The Kier molecular flexibility index (Phi) is 4.56. The van der Waals surface area contributed by atoms with E-state index in [4.69, 9.17) is 0 Å². The van der Waals surface area contributed by atoms with Gasteiger partial charge in [0.15, 0.2) is 0 Å². The maximum atomic E-state index is 12.9. The molecular weight excluding hydrogens is 326 g/mol. The molecule has 0 saturated carbocycles. The van der Waals surface area contributed by atoms with E-state index < -0.39 is 0 Å². The van der Waals surface area contributed by atoms with E-state index in [9.17, 15) is 4.79 Å². The second-order valence-corrected chi connectivity index (χ2v) is 6.85. The van der Waals surface area contributed by atoms with Crippen LogP contribution in [0.15, 0.2) is 55.0 Å². The van der Waals surface area contributed by atoms with Gasteiger partial charge in [0, 0.05) is 32.0 Å². The van der Waals surface area contributed by atoms with Crippen molar-refractivity contribution in [1.29, 1.82) is 0 Å². The molecule has 6 nitrogen and oxygen atoms in total. The standard InChI is InChI=1S/C20H23N5O/c1-16-19(14-22-25(16)18-6-3-2-4-7-18)20(26)23-12-8-17(9-13-23)15-24-11-5-10-21-24/h2-7,10-11,14,17H,8-9,12-13,15H2,1H3. The third-order valence-electron chi connectivity index (χ3n) is 5.15. The van der Waals surface area contributed by atoms with Gasteiger partial charge in [-0.1, -0.05) is 18.2 Å². The van der Waals surface area contributed by atoms with Gasteiger partial charge in [-0.25, -0.2) is 4.68 Å². The van der Waals surface area contributed by atoms with Crippen LogP contribution in [0.3, 0.4) is 0 Å². The second kappa shape index (κ2) is 7.15. The van der Waals surface area contributed by atoms with Crippen LogP contribution in [0.5, 0.6) is 0 Å². The second-order valence-electron chi connectivity index (χ2n) is 6.85. The number of piperidine rings is 1. The summed E-state index contributed by atoms with van der Waals surface area (Å²) in [6.45, 7) is 4.47. The van der Waals surface area contributed by atoms with Crippen molar-refractivity contribution in [2.45, 2.75) is 26.3 Å². The molecule has 3 aromatic rings. The number of para-hydroxylation sites is 1. The van der Waals surface area contributed by atoms with Crippen molar-refractivity contribution in [2.75, 3.05) is 13.1 Å². The van der Waals surface area contributed by atoms with Gasteiger partial charge >= 0.3 is 0 Å². The molecule has 134 valence electrons. The van der Waals surface area contributed by atoms with Gasteiger partial charge in [0.05, 0.1) is 23.1 Å². The van der Waals surface area contributed by atoms with Crippen molar-refractivity contribution in [3.63, 3.8) is 0 Å². The molecule has 0 radical (unpaired) electrons. The fraction of sp³-hybridized carbons (Fsp3) is 0.350. The van der Waals surface area contributed by atoms with E-state index in [-0.39, 0.29) is 5.91 Å². The third kappa shape index (κ3) is 3.27. The quantitative estimate of drug-likeness (QED) is 0.728. The zero-order valence-electron chi connectivity index (χ0n) is 15.0. The molecule has 2 aromatic heterocycles. The molecule has 4 rings (SSSR count). The number of nitrogens with zero attached hydrogens (tertiary/aromatic N) is 5. The average molecular weight is 349 g/mol. The first-order valence-electron chi connectivity index (χ1n) is 9.09. The summed E-state index contributed by atoms with van der Waals surface area (Å²) in [6.07, 6.45) is 7.53. The minimum Gasteiger partial charge on any atom is -0.339 e. The van der Waals surface area contributed by atoms with Gasteiger partial charge in [-0.3, -0.25) is 9.48 Å². The minimum absolute atomic E-state index is 0.0854. The Hall–Kier alpha value is -2.89. The number of rotatable bonds is 4. The Morgan fingerprint density at radius 2 is 1.88 bits per heavy atom. The van der Waals surface area contributed by atoms with Crippen LogP contribution in [-0.2, 0) is 6.54 Å². The van der Waals surface area contributed by atoms with E-state index in [1.54, 1.807) is 6.20 Å². The summed E-state index contributed by atoms with van der Waals surface area (Å²) >= 11 is 0.